The Morgan fingerprint density at radius 1 is 0.815 bits per heavy atom. The molecule has 0 saturated heterocycles. The first-order chi connectivity index (χ1) is 13.1. The van der Waals surface area contributed by atoms with Gasteiger partial charge >= 0.3 is 0 Å². The number of carbonyl (C=O) groups is 2. The minimum atomic E-state index is -0.272. The molecule has 1 fully saturated rings. The lowest BCUT2D eigenvalue weighted by molar-refractivity contribution is -0.117. The molecule has 0 unspecified atom stereocenters. The fourth-order valence-electron chi connectivity index (χ4n) is 3.87. The number of amides is 1. The van der Waals surface area contributed by atoms with Crippen molar-refractivity contribution in [2.75, 3.05) is 5.32 Å². The van der Waals surface area contributed by atoms with Gasteiger partial charge < -0.3 is 5.32 Å². The van der Waals surface area contributed by atoms with Crippen LogP contribution in [0.1, 0.15) is 34.8 Å². The lowest BCUT2D eigenvalue weighted by atomic mass is 9.85. The Hall–Kier alpha value is -3.20. The Morgan fingerprint density at radius 3 is 1.81 bits per heavy atom. The van der Waals surface area contributed by atoms with Gasteiger partial charge in [-0.2, -0.15) is 0 Å². The number of benzene rings is 3. The normalized spacial score (nSPS) is 17.1. The van der Waals surface area contributed by atoms with Crippen molar-refractivity contribution in [3.05, 3.63) is 102 Å². The molecule has 3 aromatic carbocycles. The van der Waals surface area contributed by atoms with Crippen molar-refractivity contribution < 1.29 is 9.59 Å². The molecule has 0 spiro atoms. The van der Waals surface area contributed by atoms with Gasteiger partial charge in [0.1, 0.15) is 0 Å². The molecule has 0 heterocycles. The molecule has 0 radical (unpaired) electrons. The molecule has 3 heteroatoms. The highest BCUT2D eigenvalue weighted by atomic mass is 16.2. The average molecular weight is 355 g/mol. The minimum Gasteiger partial charge on any atom is -0.326 e. The van der Waals surface area contributed by atoms with E-state index in [1.807, 2.05) is 36.4 Å². The summed E-state index contributed by atoms with van der Waals surface area (Å²) in [6.07, 6.45) is 0.790. The number of nitrogens with one attached hydrogen (secondary N) is 1. The molecule has 1 N–H and O–H groups in total. The molecule has 134 valence electrons. The van der Waals surface area contributed by atoms with E-state index >= 15 is 0 Å². The Labute approximate surface area is 159 Å². The maximum atomic E-state index is 13.0. The number of hydrogen-bond donors (Lipinski definition) is 1. The zero-order chi connectivity index (χ0) is 18.9. The number of rotatable bonds is 5. The Morgan fingerprint density at radius 2 is 1.33 bits per heavy atom. The number of Topliss-reactive ketones (excluding diaryl/α,β-unsaturated/α-hetero) is 1. The van der Waals surface area contributed by atoms with Gasteiger partial charge in [0.15, 0.2) is 5.78 Å². The van der Waals surface area contributed by atoms with Crippen molar-refractivity contribution in [2.45, 2.75) is 18.8 Å². The predicted molar refractivity (Wildman–Crippen MR) is 107 cm³/mol. The van der Waals surface area contributed by atoms with Crippen LogP contribution in [0.3, 0.4) is 0 Å². The summed E-state index contributed by atoms with van der Waals surface area (Å²) < 4.78 is 0. The van der Waals surface area contributed by atoms with E-state index in [0.717, 1.165) is 6.42 Å². The van der Waals surface area contributed by atoms with Gasteiger partial charge in [0.25, 0.3) is 0 Å². The Kier molecular flexibility index (Phi) is 4.36. The topological polar surface area (TPSA) is 46.2 Å². The summed E-state index contributed by atoms with van der Waals surface area (Å²) in [4.78, 5) is 24.4. The van der Waals surface area contributed by atoms with Gasteiger partial charge in [-0.25, -0.2) is 0 Å². The van der Waals surface area contributed by atoms with Crippen LogP contribution in [0.4, 0.5) is 5.69 Å². The van der Waals surface area contributed by atoms with Crippen molar-refractivity contribution in [2.24, 2.45) is 5.92 Å². The van der Waals surface area contributed by atoms with Gasteiger partial charge in [-0.15, -0.1) is 0 Å². The van der Waals surface area contributed by atoms with Gasteiger partial charge in [-0.3, -0.25) is 9.59 Å². The minimum absolute atomic E-state index is 0.0123. The van der Waals surface area contributed by atoms with Gasteiger partial charge in [0, 0.05) is 16.7 Å². The molecule has 0 aliphatic heterocycles. The molecule has 1 aliphatic rings. The van der Waals surface area contributed by atoms with Crippen molar-refractivity contribution in [1.29, 1.82) is 0 Å². The fraction of sp³-hybridized carbons (Fsp3) is 0.167. The molecule has 1 saturated carbocycles. The second kappa shape index (κ2) is 6.84. The number of anilines is 1. The molecule has 1 aliphatic carbocycles. The maximum absolute atomic E-state index is 13.0. The van der Waals surface area contributed by atoms with Crippen LogP contribution >= 0.6 is 0 Å². The molecular formula is C24H21NO2. The lowest BCUT2D eigenvalue weighted by Gasteiger charge is -2.19. The van der Waals surface area contributed by atoms with Crippen molar-refractivity contribution in [3.63, 3.8) is 0 Å². The van der Waals surface area contributed by atoms with Gasteiger partial charge in [-0.05, 0) is 48.7 Å². The SMILES string of the molecule is CC(=O)c1ccc(NC(=O)[C@@H]2CC2(c2ccccc2)c2ccccc2)cc1. The van der Waals surface area contributed by atoms with Crippen LogP contribution < -0.4 is 5.32 Å². The third-order valence-corrected chi connectivity index (χ3v) is 5.41. The van der Waals surface area contributed by atoms with Crippen LogP contribution in [-0.4, -0.2) is 11.7 Å². The van der Waals surface area contributed by atoms with E-state index in [0.29, 0.717) is 11.3 Å². The zero-order valence-electron chi connectivity index (χ0n) is 15.2. The quantitative estimate of drug-likeness (QED) is 0.666. The average Bonchev–Trinajstić information content (AvgIpc) is 3.47. The third kappa shape index (κ3) is 3.17. The highest BCUT2D eigenvalue weighted by Gasteiger charge is 2.60. The van der Waals surface area contributed by atoms with E-state index in [2.05, 4.69) is 29.6 Å². The van der Waals surface area contributed by atoms with Crippen molar-refractivity contribution in [3.8, 4) is 0 Å². The fourth-order valence-corrected chi connectivity index (χ4v) is 3.87. The summed E-state index contributed by atoms with van der Waals surface area (Å²) in [5.74, 6) is -0.0877. The first-order valence-electron chi connectivity index (χ1n) is 9.14. The van der Waals surface area contributed by atoms with Crippen LogP contribution in [0.15, 0.2) is 84.9 Å². The smallest absolute Gasteiger partial charge is 0.228 e. The van der Waals surface area contributed by atoms with Crippen LogP contribution in [-0.2, 0) is 10.2 Å². The highest BCUT2D eigenvalue weighted by molar-refractivity contribution is 5.98. The van der Waals surface area contributed by atoms with Crippen LogP contribution in [0.25, 0.3) is 0 Å². The zero-order valence-corrected chi connectivity index (χ0v) is 15.2. The summed E-state index contributed by atoms with van der Waals surface area (Å²) in [7, 11) is 0. The molecule has 1 amide bonds. The summed E-state index contributed by atoms with van der Waals surface area (Å²) in [6.45, 7) is 1.53. The standard InChI is InChI=1S/C24H21NO2/c1-17(26)18-12-14-21(15-13-18)25-23(27)22-16-24(22,19-8-4-2-5-9-19)20-10-6-3-7-11-20/h2-15,22H,16H2,1H3,(H,25,27)/t22-/m0/s1. The van der Waals surface area contributed by atoms with E-state index in [1.165, 1.54) is 18.1 Å². The van der Waals surface area contributed by atoms with Crippen LogP contribution in [0.5, 0.6) is 0 Å². The van der Waals surface area contributed by atoms with E-state index in [-0.39, 0.29) is 23.0 Å². The van der Waals surface area contributed by atoms with Crippen molar-refractivity contribution in [1.82, 2.24) is 0 Å². The Bertz CT molecular complexity index is 923. The largest absolute Gasteiger partial charge is 0.326 e. The second-order valence-corrected chi connectivity index (χ2v) is 7.08. The first kappa shape index (κ1) is 17.2. The number of ketones is 1. The van der Waals surface area contributed by atoms with Crippen LogP contribution in [0, 0.1) is 5.92 Å². The first-order valence-corrected chi connectivity index (χ1v) is 9.14. The Balaban J connectivity index is 1.60. The van der Waals surface area contributed by atoms with Gasteiger partial charge in [0.05, 0.1) is 5.92 Å². The van der Waals surface area contributed by atoms with Crippen molar-refractivity contribution >= 4 is 17.4 Å². The van der Waals surface area contributed by atoms with Gasteiger partial charge in [-0.1, -0.05) is 60.7 Å². The van der Waals surface area contributed by atoms with Gasteiger partial charge in [0.2, 0.25) is 5.91 Å². The highest BCUT2D eigenvalue weighted by Crippen LogP contribution is 2.59. The monoisotopic (exact) mass is 355 g/mol. The summed E-state index contributed by atoms with van der Waals surface area (Å²) >= 11 is 0. The van der Waals surface area contributed by atoms with E-state index < -0.39 is 0 Å². The predicted octanol–water partition coefficient (Wildman–Crippen LogP) is 4.83. The molecule has 3 nitrogen and oxygen atoms in total. The molecule has 4 rings (SSSR count). The molecule has 1 atom stereocenters. The molecule has 27 heavy (non-hydrogen) atoms. The van der Waals surface area contributed by atoms with E-state index in [9.17, 15) is 9.59 Å². The van der Waals surface area contributed by atoms with E-state index in [1.54, 1.807) is 24.3 Å². The summed E-state index contributed by atoms with van der Waals surface area (Å²) in [6, 6.07) is 27.5. The second-order valence-electron chi connectivity index (χ2n) is 7.08. The number of hydrogen-bond acceptors (Lipinski definition) is 2. The maximum Gasteiger partial charge on any atom is 0.228 e. The van der Waals surface area contributed by atoms with Crippen LogP contribution in [0.2, 0.25) is 0 Å². The molecular weight excluding hydrogens is 334 g/mol. The molecule has 0 bridgehead atoms. The number of carbonyl (C=O) groups excluding carboxylic acids is 2. The summed E-state index contributed by atoms with van der Waals surface area (Å²) in [5.41, 5.74) is 3.42. The lowest BCUT2D eigenvalue weighted by Crippen LogP contribution is -2.22. The molecule has 3 aromatic rings. The molecule has 0 aromatic heterocycles. The third-order valence-electron chi connectivity index (χ3n) is 5.41. The summed E-state index contributed by atoms with van der Waals surface area (Å²) in [5, 5.41) is 3.01. The van der Waals surface area contributed by atoms with E-state index in [4.69, 9.17) is 0 Å².